The Bertz CT molecular complexity index is 274. The van der Waals surface area contributed by atoms with Gasteiger partial charge in [0.15, 0.2) is 0 Å². The fourth-order valence-corrected chi connectivity index (χ4v) is 3.45. The lowest BCUT2D eigenvalue weighted by Gasteiger charge is -2.35. The molecule has 2 amide bonds. The normalized spacial score (nSPS) is 25.2. The summed E-state index contributed by atoms with van der Waals surface area (Å²) in [5.74, 6) is 1.18. The molecule has 1 atom stereocenters. The van der Waals surface area contributed by atoms with Crippen molar-refractivity contribution >= 4 is 23.6 Å². The van der Waals surface area contributed by atoms with E-state index in [0.29, 0.717) is 24.0 Å². The van der Waals surface area contributed by atoms with Gasteiger partial charge in [-0.05, 0) is 18.8 Å². The van der Waals surface area contributed by atoms with Crippen LogP contribution < -0.4 is 5.73 Å². The van der Waals surface area contributed by atoms with Crippen LogP contribution in [-0.4, -0.2) is 40.8 Å². The second kappa shape index (κ2) is 5.19. The van der Waals surface area contributed by atoms with Crippen LogP contribution in [-0.2, 0) is 9.59 Å². The molecule has 0 aromatic rings. The molecule has 2 rings (SSSR count). The van der Waals surface area contributed by atoms with Crippen LogP contribution in [0.15, 0.2) is 0 Å². The summed E-state index contributed by atoms with van der Waals surface area (Å²) in [7, 11) is 0. The molecule has 5 heteroatoms. The predicted molar refractivity (Wildman–Crippen MR) is 64.0 cm³/mol. The summed E-state index contributed by atoms with van der Waals surface area (Å²) in [6.45, 7) is 0.410. The van der Waals surface area contributed by atoms with Crippen molar-refractivity contribution in [1.29, 1.82) is 0 Å². The summed E-state index contributed by atoms with van der Waals surface area (Å²) >= 11 is 1.40. The van der Waals surface area contributed by atoms with Gasteiger partial charge in [0, 0.05) is 6.54 Å². The first-order chi connectivity index (χ1) is 7.74. The third-order valence-electron chi connectivity index (χ3n) is 3.51. The molecule has 2 fully saturated rings. The highest BCUT2D eigenvalue weighted by molar-refractivity contribution is 8.00. The molecule has 1 heterocycles. The maximum atomic E-state index is 11.8. The van der Waals surface area contributed by atoms with E-state index in [-0.39, 0.29) is 17.9 Å². The average Bonchev–Trinajstić information content (AvgIpc) is 2.77. The van der Waals surface area contributed by atoms with E-state index >= 15 is 0 Å². The summed E-state index contributed by atoms with van der Waals surface area (Å²) in [6.07, 6.45) is 4.61. The van der Waals surface area contributed by atoms with Gasteiger partial charge >= 0.3 is 0 Å². The smallest absolute Gasteiger partial charge is 0.239 e. The molecule has 0 spiro atoms. The molecule has 0 radical (unpaired) electrons. The molecule has 1 aliphatic heterocycles. The number of hydrogen-bond acceptors (Lipinski definition) is 4. The van der Waals surface area contributed by atoms with Gasteiger partial charge in [-0.1, -0.05) is 12.8 Å². The number of amides is 2. The van der Waals surface area contributed by atoms with Crippen molar-refractivity contribution in [2.45, 2.75) is 31.7 Å². The SMILES string of the molecule is NCC(C1CCCC1)N1C(=O)CSCC1=O. The van der Waals surface area contributed by atoms with Crippen molar-refractivity contribution in [2.24, 2.45) is 11.7 Å². The van der Waals surface area contributed by atoms with Gasteiger partial charge in [0.25, 0.3) is 0 Å². The zero-order valence-electron chi connectivity index (χ0n) is 9.35. The van der Waals surface area contributed by atoms with Crippen LogP contribution in [0.5, 0.6) is 0 Å². The van der Waals surface area contributed by atoms with E-state index in [1.54, 1.807) is 0 Å². The standard InChI is InChI=1S/C11H18N2O2S/c12-5-9(8-3-1-2-4-8)13-10(14)6-16-7-11(13)15/h8-9H,1-7,12H2. The topological polar surface area (TPSA) is 63.4 Å². The molecule has 0 aromatic carbocycles. The van der Waals surface area contributed by atoms with Gasteiger partial charge in [-0.2, -0.15) is 0 Å². The number of hydrogen-bond donors (Lipinski definition) is 1. The third kappa shape index (κ3) is 2.25. The Morgan fingerprint density at radius 2 is 1.81 bits per heavy atom. The molecular formula is C11H18N2O2S. The minimum Gasteiger partial charge on any atom is -0.328 e. The molecule has 1 saturated carbocycles. The van der Waals surface area contributed by atoms with E-state index in [0.717, 1.165) is 12.8 Å². The van der Waals surface area contributed by atoms with Crippen LogP contribution in [0.1, 0.15) is 25.7 Å². The Kier molecular flexibility index (Phi) is 3.86. The van der Waals surface area contributed by atoms with E-state index in [9.17, 15) is 9.59 Å². The highest BCUT2D eigenvalue weighted by Crippen LogP contribution is 2.31. The van der Waals surface area contributed by atoms with Gasteiger partial charge in [-0.3, -0.25) is 14.5 Å². The largest absolute Gasteiger partial charge is 0.328 e. The van der Waals surface area contributed by atoms with Crippen LogP contribution in [0.2, 0.25) is 0 Å². The summed E-state index contributed by atoms with van der Waals surface area (Å²) < 4.78 is 0. The Morgan fingerprint density at radius 3 is 2.31 bits per heavy atom. The third-order valence-corrected chi connectivity index (χ3v) is 4.41. The Hall–Kier alpha value is -0.550. The number of rotatable bonds is 3. The van der Waals surface area contributed by atoms with Crippen LogP contribution in [0.3, 0.4) is 0 Å². The number of carbonyl (C=O) groups excluding carboxylic acids is 2. The van der Waals surface area contributed by atoms with E-state index in [1.165, 1.54) is 29.5 Å². The van der Waals surface area contributed by atoms with Crippen molar-refractivity contribution in [2.75, 3.05) is 18.1 Å². The molecule has 0 aromatic heterocycles. The first kappa shape index (κ1) is 11.9. The van der Waals surface area contributed by atoms with Crippen molar-refractivity contribution < 1.29 is 9.59 Å². The molecule has 90 valence electrons. The van der Waals surface area contributed by atoms with Crippen LogP contribution in [0.4, 0.5) is 0 Å². The van der Waals surface area contributed by atoms with Gasteiger partial charge in [-0.25, -0.2) is 0 Å². The number of nitrogens with two attached hydrogens (primary N) is 1. The molecule has 2 aliphatic rings. The van der Waals surface area contributed by atoms with Gasteiger partial charge in [-0.15, -0.1) is 11.8 Å². The van der Waals surface area contributed by atoms with Crippen molar-refractivity contribution in [1.82, 2.24) is 4.90 Å². The van der Waals surface area contributed by atoms with Gasteiger partial charge < -0.3 is 5.73 Å². The summed E-state index contributed by atoms with van der Waals surface area (Å²) in [5, 5.41) is 0. The zero-order chi connectivity index (χ0) is 11.5. The van der Waals surface area contributed by atoms with Gasteiger partial charge in [0.1, 0.15) is 0 Å². The van der Waals surface area contributed by atoms with E-state index < -0.39 is 0 Å². The lowest BCUT2D eigenvalue weighted by molar-refractivity contribution is -0.146. The molecular weight excluding hydrogens is 224 g/mol. The first-order valence-electron chi connectivity index (χ1n) is 5.86. The molecule has 1 unspecified atom stereocenters. The number of nitrogens with zero attached hydrogens (tertiary/aromatic N) is 1. The van der Waals surface area contributed by atoms with Gasteiger partial charge in [0.2, 0.25) is 11.8 Å². The second-order valence-electron chi connectivity index (χ2n) is 4.50. The first-order valence-corrected chi connectivity index (χ1v) is 7.02. The monoisotopic (exact) mass is 242 g/mol. The van der Waals surface area contributed by atoms with Crippen LogP contribution >= 0.6 is 11.8 Å². The number of imide groups is 1. The number of carbonyl (C=O) groups is 2. The second-order valence-corrected chi connectivity index (χ2v) is 5.48. The minimum absolute atomic E-state index is 0.0522. The summed E-state index contributed by atoms with van der Waals surface area (Å²) in [5.41, 5.74) is 5.75. The molecule has 1 aliphatic carbocycles. The van der Waals surface area contributed by atoms with Crippen molar-refractivity contribution in [3.05, 3.63) is 0 Å². The number of thioether (sulfide) groups is 1. The Morgan fingerprint density at radius 1 is 1.25 bits per heavy atom. The maximum absolute atomic E-state index is 11.8. The summed E-state index contributed by atoms with van der Waals surface area (Å²) in [4.78, 5) is 25.0. The van der Waals surface area contributed by atoms with Crippen molar-refractivity contribution in [3.63, 3.8) is 0 Å². The molecule has 1 saturated heterocycles. The highest BCUT2D eigenvalue weighted by atomic mass is 32.2. The fourth-order valence-electron chi connectivity index (χ4n) is 2.72. The quantitative estimate of drug-likeness (QED) is 0.736. The highest BCUT2D eigenvalue weighted by Gasteiger charge is 2.37. The Labute approximate surface area is 99.9 Å². The van der Waals surface area contributed by atoms with E-state index in [2.05, 4.69) is 0 Å². The van der Waals surface area contributed by atoms with Crippen molar-refractivity contribution in [3.8, 4) is 0 Å². The lowest BCUT2D eigenvalue weighted by atomic mass is 9.96. The van der Waals surface area contributed by atoms with Gasteiger partial charge in [0.05, 0.1) is 17.5 Å². The average molecular weight is 242 g/mol. The van der Waals surface area contributed by atoms with E-state index in [4.69, 9.17) is 5.73 Å². The molecule has 4 nitrogen and oxygen atoms in total. The maximum Gasteiger partial charge on any atom is 0.239 e. The predicted octanol–water partition coefficient (Wildman–Crippen LogP) is 0.606. The lowest BCUT2D eigenvalue weighted by Crippen LogP contribution is -2.54. The summed E-state index contributed by atoms with van der Waals surface area (Å²) in [6, 6.07) is -0.0524. The minimum atomic E-state index is -0.0524. The Balaban J connectivity index is 2.11. The molecule has 0 bridgehead atoms. The van der Waals surface area contributed by atoms with Crippen LogP contribution in [0, 0.1) is 5.92 Å². The zero-order valence-corrected chi connectivity index (χ0v) is 10.2. The van der Waals surface area contributed by atoms with E-state index in [1.807, 2.05) is 0 Å². The van der Waals surface area contributed by atoms with Crippen LogP contribution in [0.25, 0.3) is 0 Å². The molecule has 16 heavy (non-hydrogen) atoms. The fraction of sp³-hybridized carbons (Fsp3) is 0.818. The molecule has 2 N–H and O–H groups in total.